The first-order chi connectivity index (χ1) is 4.31. The second-order valence-corrected chi connectivity index (χ2v) is 1.66. The van der Waals surface area contributed by atoms with Gasteiger partial charge in [0.1, 0.15) is 0 Å². The first kappa shape index (κ1) is 8.62. The number of aliphatic hydroxyl groups excluding tert-OH is 1. The molecule has 0 atom stereocenters. The second kappa shape index (κ2) is 5.75. The van der Waals surface area contributed by atoms with Gasteiger partial charge >= 0.3 is 0 Å². The van der Waals surface area contributed by atoms with E-state index in [4.69, 9.17) is 9.94 Å². The highest BCUT2D eigenvalue weighted by atomic mass is 16.7. The van der Waals surface area contributed by atoms with E-state index in [1.54, 1.807) is 18.2 Å². The Morgan fingerprint density at radius 2 is 2.44 bits per heavy atom. The van der Waals surface area contributed by atoms with E-state index in [0.29, 0.717) is 13.2 Å². The van der Waals surface area contributed by atoms with Gasteiger partial charge in [-0.25, -0.2) is 0 Å². The molecule has 0 saturated carbocycles. The third-order valence-corrected chi connectivity index (χ3v) is 0.828. The fourth-order valence-electron chi connectivity index (χ4n) is 0.385. The predicted molar refractivity (Wildman–Crippen MR) is 35.9 cm³/mol. The Balaban J connectivity index is 3.04. The number of nitrogens with zero attached hydrogens (tertiary/aromatic N) is 1. The van der Waals surface area contributed by atoms with Crippen LogP contribution in [0.1, 0.15) is 0 Å². The molecule has 1 N–H and O–H groups in total. The minimum Gasteiger partial charge on any atom is -0.395 e. The van der Waals surface area contributed by atoms with Gasteiger partial charge in [-0.1, -0.05) is 6.08 Å². The van der Waals surface area contributed by atoms with E-state index in [2.05, 4.69) is 6.58 Å². The average molecular weight is 131 g/mol. The van der Waals surface area contributed by atoms with Crippen molar-refractivity contribution in [2.45, 2.75) is 0 Å². The van der Waals surface area contributed by atoms with Gasteiger partial charge in [-0.2, -0.15) is 5.06 Å². The lowest BCUT2D eigenvalue weighted by Crippen LogP contribution is -2.22. The summed E-state index contributed by atoms with van der Waals surface area (Å²) >= 11 is 0. The molecule has 0 aliphatic rings. The molecule has 0 unspecified atom stereocenters. The molecule has 0 aliphatic carbocycles. The van der Waals surface area contributed by atoms with Gasteiger partial charge < -0.3 is 5.11 Å². The molecule has 0 amide bonds. The molecular weight excluding hydrogens is 118 g/mol. The van der Waals surface area contributed by atoms with E-state index >= 15 is 0 Å². The summed E-state index contributed by atoms with van der Waals surface area (Å²) in [5.74, 6) is 0. The number of rotatable bonds is 5. The summed E-state index contributed by atoms with van der Waals surface area (Å²) in [7, 11) is 1.76. The number of hydroxylamine groups is 2. The Morgan fingerprint density at radius 1 is 1.78 bits per heavy atom. The zero-order valence-corrected chi connectivity index (χ0v) is 5.71. The van der Waals surface area contributed by atoms with Crippen molar-refractivity contribution in [3.63, 3.8) is 0 Å². The van der Waals surface area contributed by atoms with E-state index in [9.17, 15) is 0 Å². The second-order valence-electron chi connectivity index (χ2n) is 1.66. The van der Waals surface area contributed by atoms with E-state index < -0.39 is 0 Å². The van der Waals surface area contributed by atoms with Crippen LogP contribution in [0.3, 0.4) is 0 Å². The molecule has 3 heteroatoms. The zero-order valence-electron chi connectivity index (χ0n) is 5.71. The van der Waals surface area contributed by atoms with Gasteiger partial charge in [0.2, 0.25) is 0 Å². The molecule has 0 bridgehead atoms. The van der Waals surface area contributed by atoms with Crippen LogP contribution in [-0.4, -0.2) is 37.0 Å². The minimum absolute atomic E-state index is 0.119. The van der Waals surface area contributed by atoms with Crippen molar-refractivity contribution in [2.75, 3.05) is 26.8 Å². The minimum atomic E-state index is 0.119. The van der Waals surface area contributed by atoms with E-state index in [1.807, 2.05) is 0 Å². The molecule has 0 fully saturated rings. The Hall–Kier alpha value is -0.380. The Labute approximate surface area is 55.5 Å². The predicted octanol–water partition coefficient (Wildman–Crippen LogP) is 0.0281. The van der Waals surface area contributed by atoms with Crippen LogP contribution in [0.15, 0.2) is 12.7 Å². The molecule has 0 aromatic heterocycles. The summed E-state index contributed by atoms with van der Waals surface area (Å²) in [5.41, 5.74) is 0. The number of aliphatic hydroxyl groups is 1. The third kappa shape index (κ3) is 5.49. The quantitative estimate of drug-likeness (QED) is 0.422. The van der Waals surface area contributed by atoms with Crippen LogP contribution in [0.25, 0.3) is 0 Å². The lowest BCUT2D eigenvalue weighted by atomic mass is 10.7. The molecule has 0 saturated heterocycles. The fraction of sp³-hybridized carbons (Fsp3) is 0.667. The highest BCUT2D eigenvalue weighted by molar-refractivity contribution is 4.62. The molecular formula is C6H13NO2. The first-order valence-electron chi connectivity index (χ1n) is 2.87. The maximum atomic E-state index is 8.39. The van der Waals surface area contributed by atoms with Gasteiger partial charge in [0.25, 0.3) is 0 Å². The maximum Gasteiger partial charge on any atom is 0.0863 e. The van der Waals surface area contributed by atoms with Crippen LogP contribution in [0, 0.1) is 0 Å². The molecule has 0 rings (SSSR count). The van der Waals surface area contributed by atoms with Gasteiger partial charge in [-0.15, -0.1) is 6.58 Å². The Bertz CT molecular complexity index is 75.5. The molecule has 3 nitrogen and oxygen atoms in total. The SMILES string of the molecule is C=CCON(C)CCO. The van der Waals surface area contributed by atoms with Crippen molar-refractivity contribution in [3.05, 3.63) is 12.7 Å². The van der Waals surface area contributed by atoms with Gasteiger partial charge in [0.05, 0.1) is 13.2 Å². The lowest BCUT2D eigenvalue weighted by molar-refractivity contribution is -0.132. The van der Waals surface area contributed by atoms with Crippen molar-refractivity contribution < 1.29 is 9.94 Å². The third-order valence-electron chi connectivity index (χ3n) is 0.828. The average Bonchev–Trinajstić information content (AvgIpc) is 1.85. The van der Waals surface area contributed by atoms with E-state index in [-0.39, 0.29) is 6.61 Å². The standard InChI is InChI=1S/C6H13NO2/c1-3-6-9-7(2)4-5-8/h3,8H,1,4-6H2,2H3. The Kier molecular flexibility index (Phi) is 5.51. The van der Waals surface area contributed by atoms with Crippen LogP contribution in [-0.2, 0) is 4.84 Å². The summed E-state index contributed by atoms with van der Waals surface area (Å²) in [4.78, 5) is 4.99. The number of hydrogen-bond donors (Lipinski definition) is 1. The molecule has 0 heterocycles. The molecule has 0 aliphatic heterocycles. The smallest absolute Gasteiger partial charge is 0.0863 e. The van der Waals surface area contributed by atoms with Crippen LogP contribution in [0.5, 0.6) is 0 Å². The zero-order chi connectivity index (χ0) is 7.11. The molecule has 0 aromatic carbocycles. The van der Waals surface area contributed by atoms with Crippen LogP contribution >= 0.6 is 0 Å². The summed E-state index contributed by atoms with van der Waals surface area (Å²) in [5, 5.41) is 9.96. The molecule has 54 valence electrons. The van der Waals surface area contributed by atoms with Gasteiger partial charge in [0.15, 0.2) is 0 Å². The van der Waals surface area contributed by atoms with Crippen molar-refractivity contribution in [2.24, 2.45) is 0 Å². The summed E-state index contributed by atoms with van der Waals surface area (Å²) < 4.78 is 0. The number of likely N-dealkylation sites (N-methyl/N-ethyl adjacent to an activating group) is 1. The van der Waals surface area contributed by atoms with Gasteiger partial charge in [0, 0.05) is 13.6 Å². The normalized spacial score (nSPS) is 10.1. The maximum absolute atomic E-state index is 8.39. The molecule has 0 spiro atoms. The van der Waals surface area contributed by atoms with Crippen molar-refractivity contribution in [1.82, 2.24) is 5.06 Å². The van der Waals surface area contributed by atoms with Crippen molar-refractivity contribution in [1.29, 1.82) is 0 Å². The molecule has 0 aromatic rings. The summed E-state index contributed by atoms with van der Waals surface area (Å²) in [6, 6.07) is 0. The topological polar surface area (TPSA) is 32.7 Å². The lowest BCUT2D eigenvalue weighted by Gasteiger charge is -2.12. The van der Waals surface area contributed by atoms with Crippen molar-refractivity contribution in [3.8, 4) is 0 Å². The summed E-state index contributed by atoms with van der Waals surface area (Å²) in [6.07, 6.45) is 1.66. The molecule has 0 radical (unpaired) electrons. The highest BCUT2D eigenvalue weighted by Gasteiger charge is 1.92. The van der Waals surface area contributed by atoms with Crippen LogP contribution in [0.4, 0.5) is 0 Å². The fourth-order valence-corrected chi connectivity index (χ4v) is 0.385. The molecule has 9 heavy (non-hydrogen) atoms. The Morgan fingerprint density at radius 3 is 2.89 bits per heavy atom. The van der Waals surface area contributed by atoms with Crippen LogP contribution in [0.2, 0.25) is 0 Å². The van der Waals surface area contributed by atoms with Gasteiger partial charge in [-0.05, 0) is 0 Å². The van der Waals surface area contributed by atoms with E-state index in [0.717, 1.165) is 0 Å². The summed E-state index contributed by atoms with van der Waals surface area (Å²) in [6.45, 7) is 4.63. The highest BCUT2D eigenvalue weighted by Crippen LogP contribution is 1.82. The van der Waals surface area contributed by atoms with E-state index in [1.165, 1.54) is 0 Å². The monoisotopic (exact) mass is 131 g/mol. The van der Waals surface area contributed by atoms with Crippen molar-refractivity contribution >= 4 is 0 Å². The largest absolute Gasteiger partial charge is 0.395 e. The number of hydrogen-bond acceptors (Lipinski definition) is 3. The first-order valence-corrected chi connectivity index (χ1v) is 2.87. The van der Waals surface area contributed by atoms with Crippen LogP contribution < -0.4 is 0 Å². The van der Waals surface area contributed by atoms with Gasteiger partial charge in [-0.3, -0.25) is 4.84 Å².